The summed E-state index contributed by atoms with van der Waals surface area (Å²) >= 11 is 0. The van der Waals surface area contributed by atoms with E-state index < -0.39 is 26.6 Å². The quantitative estimate of drug-likeness (QED) is 0.492. The fraction of sp³-hybridized carbons (Fsp3) is 0.0769. The van der Waals surface area contributed by atoms with E-state index in [-0.39, 0.29) is 16.1 Å². The fourth-order valence-corrected chi connectivity index (χ4v) is 2.85. The zero-order valence-corrected chi connectivity index (χ0v) is 11.6. The van der Waals surface area contributed by atoms with E-state index in [9.17, 15) is 22.9 Å². The highest BCUT2D eigenvalue weighted by Gasteiger charge is 2.22. The molecule has 0 radical (unpaired) electrons. The Labute approximate surface area is 120 Å². The van der Waals surface area contributed by atoms with Gasteiger partial charge in [0.1, 0.15) is 4.90 Å². The predicted octanol–water partition coefficient (Wildman–Crippen LogP) is 2.81. The lowest BCUT2D eigenvalue weighted by molar-refractivity contribution is -0.385. The Morgan fingerprint density at radius 1 is 1.19 bits per heavy atom. The molecule has 2 aromatic carbocycles. The molecule has 0 saturated heterocycles. The molecule has 0 bridgehead atoms. The van der Waals surface area contributed by atoms with Gasteiger partial charge in [0.2, 0.25) is 0 Å². The van der Waals surface area contributed by atoms with Gasteiger partial charge in [-0.15, -0.1) is 0 Å². The molecule has 2 rings (SSSR count). The Kier molecular flexibility index (Phi) is 3.90. The van der Waals surface area contributed by atoms with Crippen LogP contribution in [0.3, 0.4) is 0 Å². The number of halogens is 1. The summed E-state index contributed by atoms with van der Waals surface area (Å²) < 4.78 is 42.3. The van der Waals surface area contributed by atoms with Gasteiger partial charge in [0.15, 0.2) is 11.6 Å². The van der Waals surface area contributed by atoms with E-state index in [1.807, 2.05) is 0 Å². The SMILES string of the molecule is Cc1cc([N+](=O)[O-])ccc1S(=O)(=O)Oc1ccccc1F. The number of rotatable bonds is 4. The standard InChI is InChI=1S/C13H10FNO5S/c1-9-8-10(15(16)17)6-7-13(9)21(18,19)20-12-5-3-2-4-11(12)14/h2-8H,1H3. The largest absolute Gasteiger partial charge is 0.376 e. The number of non-ortho nitro benzene ring substituents is 1. The molecule has 0 fully saturated rings. The number of hydrogen-bond acceptors (Lipinski definition) is 5. The van der Waals surface area contributed by atoms with Gasteiger partial charge >= 0.3 is 10.1 Å². The van der Waals surface area contributed by atoms with Gasteiger partial charge in [-0.25, -0.2) is 4.39 Å². The first kappa shape index (κ1) is 14.9. The van der Waals surface area contributed by atoms with Crippen LogP contribution in [0.25, 0.3) is 0 Å². The van der Waals surface area contributed by atoms with E-state index in [0.29, 0.717) is 0 Å². The van der Waals surface area contributed by atoms with Gasteiger partial charge in [-0.1, -0.05) is 12.1 Å². The third-order valence-corrected chi connectivity index (χ3v) is 4.07. The molecular weight excluding hydrogens is 301 g/mol. The molecule has 110 valence electrons. The second kappa shape index (κ2) is 5.49. The lowest BCUT2D eigenvalue weighted by atomic mass is 10.2. The first-order chi connectivity index (χ1) is 9.81. The zero-order chi connectivity index (χ0) is 15.6. The van der Waals surface area contributed by atoms with Crippen LogP contribution in [-0.4, -0.2) is 13.3 Å². The predicted molar refractivity (Wildman–Crippen MR) is 72.0 cm³/mol. The van der Waals surface area contributed by atoms with Crippen LogP contribution in [0.15, 0.2) is 47.4 Å². The van der Waals surface area contributed by atoms with E-state index in [4.69, 9.17) is 4.18 Å². The van der Waals surface area contributed by atoms with E-state index in [1.54, 1.807) is 0 Å². The van der Waals surface area contributed by atoms with Crippen LogP contribution < -0.4 is 4.18 Å². The van der Waals surface area contributed by atoms with Gasteiger partial charge in [-0.05, 0) is 30.7 Å². The molecule has 0 aliphatic rings. The molecule has 0 unspecified atom stereocenters. The minimum atomic E-state index is -4.27. The Morgan fingerprint density at radius 3 is 2.43 bits per heavy atom. The number of aryl methyl sites for hydroxylation is 1. The van der Waals surface area contributed by atoms with Gasteiger partial charge in [-0.3, -0.25) is 10.1 Å². The van der Waals surface area contributed by atoms with Crippen LogP contribution in [0.5, 0.6) is 5.75 Å². The average Bonchev–Trinajstić information content (AvgIpc) is 2.40. The Hall–Kier alpha value is -2.48. The van der Waals surface area contributed by atoms with Gasteiger partial charge in [0.25, 0.3) is 5.69 Å². The number of nitrogens with zero attached hydrogens (tertiary/aromatic N) is 1. The first-order valence-electron chi connectivity index (χ1n) is 5.75. The molecule has 0 saturated carbocycles. The van der Waals surface area contributed by atoms with Crippen molar-refractivity contribution in [3.8, 4) is 5.75 Å². The maximum atomic E-state index is 13.4. The van der Waals surface area contributed by atoms with Gasteiger partial charge in [-0.2, -0.15) is 8.42 Å². The zero-order valence-electron chi connectivity index (χ0n) is 10.8. The van der Waals surface area contributed by atoms with Crippen molar-refractivity contribution in [2.75, 3.05) is 0 Å². The molecule has 6 nitrogen and oxygen atoms in total. The van der Waals surface area contributed by atoms with Crippen LogP contribution in [0.2, 0.25) is 0 Å². The summed E-state index contributed by atoms with van der Waals surface area (Å²) in [7, 11) is -4.27. The van der Waals surface area contributed by atoms with Crippen LogP contribution in [0.1, 0.15) is 5.56 Å². The van der Waals surface area contributed by atoms with E-state index in [1.165, 1.54) is 25.1 Å². The Morgan fingerprint density at radius 2 is 1.86 bits per heavy atom. The highest BCUT2D eigenvalue weighted by atomic mass is 32.2. The minimum Gasteiger partial charge on any atom is -0.376 e. The monoisotopic (exact) mass is 311 g/mol. The first-order valence-corrected chi connectivity index (χ1v) is 7.16. The van der Waals surface area contributed by atoms with Crippen molar-refractivity contribution in [2.45, 2.75) is 11.8 Å². The van der Waals surface area contributed by atoms with Crippen molar-refractivity contribution in [2.24, 2.45) is 0 Å². The summed E-state index contributed by atoms with van der Waals surface area (Å²) in [6.45, 7) is 1.39. The van der Waals surface area contributed by atoms with Crippen LogP contribution in [0, 0.1) is 22.9 Å². The van der Waals surface area contributed by atoms with Gasteiger partial charge in [0, 0.05) is 12.1 Å². The molecule has 0 aliphatic heterocycles. The van der Waals surface area contributed by atoms with Crippen molar-refractivity contribution < 1.29 is 21.9 Å². The number of benzene rings is 2. The maximum Gasteiger partial charge on any atom is 0.339 e. The van der Waals surface area contributed by atoms with Gasteiger partial charge < -0.3 is 4.18 Å². The summed E-state index contributed by atoms with van der Waals surface area (Å²) in [6, 6.07) is 8.27. The third kappa shape index (κ3) is 3.16. The lowest BCUT2D eigenvalue weighted by Gasteiger charge is -2.09. The summed E-state index contributed by atoms with van der Waals surface area (Å²) in [5.41, 5.74) is -0.0992. The summed E-state index contributed by atoms with van der Waals surface area (Å²) in [4.78, 5) is 9.73. The van der Waals surface area contributed by atoms with Crippen molar-refractivity contribution in [3.63, 3.8) is 0 Å². The number of nitro groups is 1. The molecule has 0 aromatic heterocycles. The van der Waals surface area contributed by atoms with Crippen molar-refractivity contribution in [1.82, 2.24) is 0 Å². The highest BCUT2D eigenvalue weighted by molar-refractivity contribution is 7.87. The normalized spacial score (nSPS) is 11.1. The number of para-hydroxylation sites is 1. The van der Waals surface area contributed by atoms with Crippen molar-refractivity contribution in [3.05, 3.63) is 64.0 Å². The molecule has 0 atom stereocenters. The highest BCUT2D eigenvalue weighted by Crippen LogP contribution is 2.25. The van der Waals surface area contributed by atoms with Gasteiger partial charge in [0.05, 0.1) is 4.92 Å². The molecule has 2 aromatic rings. The van der Waals surface area contributed by atoms with Crippen LogP contribution in [0.4, 0.5) is 10.1 Å². The molecule has 0 spiro atoms. The average molecular weight is 311 g/mol. The smallest absolute Gasteiger partial charge is 0.339 e. The van der Waals surface area contributed by atoms with Crippen LogP contribution in [-0.2, 0) is 10.1 Å². The molecule has 0 amide bonds. The van der Waals surface area contributed by atoms with Crippen molar-refractivity contribution >= 4 is 15.8 Å². The number of nitro benzene ring substituents is 1. The third-order valence-electron chi connectivity index (χ3n) is 2.67. The van der Waals surface area contributed by atoms with E-state index >= 15 is 0 Å². The second-order valence-electron chi connectivity index (χ2n) is 4.17. The Bertz CT molecular complexity index is 804. The molecular formula is C13H10FNO5S. The second-order valence-corrected chi connectivity index (χ2v) is 5.69. The minimum absolute atomic E-state index is 0.139. The van der Waals surface area contributed by atoms with E-state index in [2.05, 4.69) is 0 Å². The lowest BCUT2D eigenvalue weighted by Crippen LogP contribution is -2.12. The molecule has 0 aliphatic carbocycles. The molecule has 21 heavy (non-hydrogen) atoms. The summed E-state index contributed by atoms with van der Waals surface area (Å²) in [5, 5.41) is 10.6. The number of hydrogen-bond donors (Lipinski definition) is 0. The molecule has 0 heterocycles. The fourth-order valence-electron chi connectivity index (χ4n) is 1.70. The maximum absolute atomic E-state index is 13.4. The molecule has 0 N–H and O–H groups in total. The van der Waals surface area contributed by atoms with Crippen molar-refractivity contribution in [1.29, 1.82) is 0 Å². The summed E-state index contributed by atoms with van der Waals surface area (Å²) in [6.07, 6.45) is 0. The van der Waals surface area contributed by atoms with Crippen LogP contribution >= 0.6 is 0 Å². The van der Waals surface area contributed by atoms with E-state index in [0.717, 1.165) is 24.3 Å². The topological polar surface area (TPSA) is 86.5 Å². The summed E-state index contributed by atoms with van der Waals surface area (Å²) in [5.74, 6) is -1.25. The Balaban J connectivity index is 2.41. The molecule has 8 heteroatoms.